The second-order valence-corrected chi connectivity index (χ2v) is 4.46. The lowest BCUT2D eigenvalue weighted by Gasteiger charge is -2.22. The highest BCUT2D eigenvalue weighted by Gasteiger charge is 2.19. The van der Waals surface area contributed by atoms with Crippen molar-refractivity contribution in [1.29, 1.82) is 0 Å². The minimum absolute atomic E-state index is 0.0729. The third-order valence-corrected chi connectivity index (χ3v) is 2.01. The minimum atomic E-state index is 0.0729. The molecule has 0 saturated carbocycles. The molecule has 0 aromatic heterocycles. The first-order valence-electron chi connectivity index (χ1n) is 3.18. The highest BCUT2D eigenvalue weighted by atomic mass is 79.9. The molecule has 0 radical (unpaired) electrons. The van der Waals surface area contributed by atoms with Gasteiger partial charge in [0.15, 0.2) is 0 Å². The summed E-state index contributed by atoms with van der Waals surface area (Å²) in [7, 11) is 0. The summed E-state index contributed by atoms with van der Waals surface area (Å²) in [6.45, 7) is 2.10. The summed E-state index contributed by atoms with van der Waals surface area (Å²) in [5.41, 5.74) is 3.70. The van der Waals surface area contributed by atoms with Crippen LogP contribution >= 0.6 is 15.9 Å². The van der Waals surface area contributed by atoms with E-state index in [4.69, 9.17) is 5.84 Å². The van der Waals surface area contributed by atoms with Gasteiger partial charge in [-0.15, -0.1) is 0 Å². The first-order chi connectivity index (χ1) is 4.64. The Labute approximate surface area is 69.3 Å². The van der Waals surface area contributed by atoms with Crippen LogP contribution in [0.15, 0.2) is 23.9 Å². The smallest absolute Gasteiger partial charge is 0.0466 e. The second kappa shape index (κ2) is 2.76. The normalized spacial score (nSPS) is 31.7. The van der Waals surface area contributed by atoms with E-state index < -0.39 is 0 Å². The first kappa shape index (κ1) is 7.82. The van der Waals surface area contributed by atoms with Crippen LogP contribution in [0.5, 0.6) is 0 Å². The number of hydrazine groups is 1. The number of nitrogens with two attached hydrogens (primary N) is 1. The second-order valence-electron chi connectivity index (χ2n) is 2.65. The molecule has 0 aliphatic heterocycles. The molecule has 10 heavy (non-hydrogen) atoms. The van der Waals surface area contributed by atoms with Crippen LogP contribution < -0.4 is 11.3 Å². The molecule has 0 aromatic carbocycles. The Bertz CT molecular complexity index is 182. The zero-order valence-corrected chi connectivity index (χ0v) is 7.48. The molecule has 0 fully saturated rings. The molecule has 0 bridgehead atoms. The van der Waals surface area contributed by atoms with E-state index in [1.807, 2.05) is 12.2 Å². The van der Waals surface area contributed by atoms with E-state index in [1.165, 1.54) is 0 Å². The lowest BCUT2D eigenvalue weighted by molar-refractivity contribution is 0.706. The molecule has 0 spiro atoms. The largest absolute Gasteiger partial charge is 0.328 e. The van der Waals surface area contributed by atoms with Crippen molar-refractivity contribution in [1.82, 2.24) is 5.43 Å². The molecule has 2 nitrogen and oxygen atoms in total. The summed E-state index contributed by atoms with van der Waals surface area (Å²) in [4.78, 5) is 0. The van der Waals surface area contributed by atoms with Crippen molar-refractivity contribution in [3.63, 3.8) is 0 Å². The van der Waals surface area contributed by atoms with Crippen molar-refractivity contribution >= 4 is 15.9 Å². The van der Waals surface area contributed by atoms with Crippen LogP contribution in [0, 0.1) is 0 Å². The van der Waals surface area contributed by atoms with E-state index in [0.717, 1.165) is 12.1 Å². The molecule has 1 rings (SSSR count). The van der Waals surface area contributed by atoms with E-state index in [-0.39, 0.29) is 4.32 Å². The van der Waals surface area contributed by atoms with Gasteiger partial charge in [0, 0.05) is 16.4 Å². The lowest BCUT2D eigenvalue weighted by Crippen LogP contribution is -2.27. The van der Waals surface area contributed by atoms with Crippen LogP contribution in [0.4, 0.5) is 0 Å². The van der Waals surface area contributed by atoms with Crippen LogP contribution in [0.3, 0.4) is 0 Å². The molecule has 0 aromatic rings. The van der Waals surface area contributed by atoms with Crippen molar-refractivity contribution in [3.05, 3.63) is 23.9 Å². The Morgan fingerprint density at radius 1 is 1.80 bits per heavy atom. The van der Waals surface area contributed by atoms with Crippen LogP contribution in [-0.4, -0.2) is 4.32 Å². The Kier molecular flexibility index (Phi) is 2.16. The Hall–Kier alpha value is -0.280. The van der Waals surface area contributed by atoms with E-state index in [0.29, 0.717) is 0 Å². The number of rotatable bonds is 1. The van der Waals surface area contributed by atoms with Gasteiger partial charge in [-0.1, -0.05) is 28.1 Å². The summed E-state index contributed by atoms with van der Waals surface area (Å²) >= 11 is 3.55. The van der Waals surface area contributed by atoms with Gasteiger partial charge in [0.1, 0.15) is 0 Å². The fraction of sp³-hybridized carbons (Fsp3) is 0.429. The van der Waals surface area contributed by atoms with Gasteiger partial charge in [0.2, 0.25) is 0 Å². The van der Waals surface area contributed by atoms with Gasteiger partial charge in [0.05, 0.1) is 0 Å². The van der Waals surface area contributed by atoms with E-state index >= 15 is 0 Å². The maximum atomic E-state index is 5.25. The molecule has 56 valence electrons. The van der Waals surface area contributed by atoms with Crippen LogP contribution in [0.2, 0.25) is 0 Å². The monoisotopic (exact) mass is 202 g/mol. The molecule has 0 heterocycles. The standard InChI is InChI=1S/C7H11BrN2/c1-7(8)4-2-3-6(5-7)10-9/h2-4,10H,5,9H2,1H3. The van der Waals surface area contributed by atoms with Gasteiger partial charge in [-0.05, 0) is 13.0 Å². The fourth-order valence-electron chi connectivity index (χ4n) is 0.954. The topological polar surface area (TPSA) is 38.0 Å². The van der Waals surface area contributed by atoms with Gasteiger partial charge >= 0.3 is 0 Å². The van der Waals surface area contributed by atoms with Crippen molar-refractivity contribution in [2.75, 3.05) is 0 Å². The molecule has 3 N–H and O–H groups in total. The predicted octanol–water partition coefficient (Wildman–Crippen LogP) is 1.45. The molecular weight excluding hydrogens is 192 g/mol. The molecule has 0 saturated heterocycles. The number of hydrogen-bond acceptors (Lipinski definition) is 2. The van der Waals surface area contributed by atoms with Crippen LogP contribution in [0.25, 0.3) is 0 Å². The summed E-state index contributed by atoms with van der Waals surface area (Å²) < 4.78 is 0.0729. The maximum absolute atomic E-state index is 5.25. The average molecular weight is 203 g/mol. The highest BCUT2D eigenvalue weighted by Crippen LogP contribution is 2.29. The molecule has 3 heteroatoms. The van der Waals surface area contributed by atoms with Crippen molar-refractivity contribution in [2.24, 2.45) is 5.84 Å². The molecule has 1 atom stereocenters. The van der Waals surface area contributed by atoms with E-state index in [9.17, 15) is 0 Å². The average Bonchev–Trinajstić information content (AvgIpc) is 1.86. The number of nitrogens with one attached hydrogen (secondary N) is 1. The van der Waals surface area contributed by atoms with Crippen molar-refractivity contribution in [2.45, 2.75) is 17.7 Å². The highest BCUT2D eigenvalue weighted by molar-refractivity contribution is 9.10. The molecule has 1 unspecified atom stereocenters. The molecular formula is C7H11BrN2. The summed E-state index contributed by atoms with van der Waals surface area (Å²) in [6, 6.07) is 0. The zero-order valence-electron chi connectivity index (χ0n) is 5.89. The van der Waals surface area contributed by atoms with Gasteiger partial charge in [-0.25, -0.2) is 0 Å². The Balaban J connectivity index is 2.68. The van der Waals surface area contributed by atoms with E-state index in [1.54, 1.807) is 0 Å². The molecule has 1 aliphatic carbocycles. The number of alkyl halides is 1. The summed E-state index contributed by atoms with van der Waals surface area (Å²) in [5, 5.41) is 0. The van der Waals surface area contributed by atoms with Gasteiger partial charge in [-0.3, -0.25) is 5.84 Å². The Morgan fingerprint density at radius 3 is 2.90 bits per heavy atom. The number of halogens is 1. The third-order valence-electron chi connectivity index (χ3n) is 1.46. The summed E-state index contributed by atoms with van der Waals surface area (Å²) in [5.74, 6) is 5.25. The van der Waals surface area contributed by atoms with Crippen molar-refractivity contribution < 1.29 is 0 Å². The molecule has 1 aliphatic rings. The lowest BCUT2D eigenvalue weighted by atomic mass is 10.0. The van der Waals surface area contributed by atoms with Crippen LogP contribution in [-0.2, 0) is 0 Å². The summed E-state index contributed by atoms with van der Waals surface area (Å²) in [6.07, 6.45) is 6.99. The first-order valence-corrected chi connectivity index (χ1v) is 3.97. The maximum Gasteiger partial charge on any atom is 0.0466 e. The van der Waals surface area contributed by atoms with Crippen LogP contribution in [0.1, 0.15) is 13.3 Å². The minimum Gasteiger partial charge on any atom is -0.328 e. The van der Waals surface area contributed by atoms with Gasteiger partial charge in [0.25, 0.3) is 0 Å². The quantitative estimate of drug-likeness (QED) is 0.384. The zero-order chi connectivity index (χ0) is 7.61. The Morgan fingerprint density at radius 2 is 2.50 bits per heavy atom. The van der Waals surface area contributed by atoms with Crippen molar-refractivity contribution in [3.8, 4) is 0 Å². The van der Waals surface area contributed by atoms with E-state index in [2.05, 4.69) is 34.4 Å². The van der Waals surface area contributed by atoms with Gasteiger partial charge in [-0.2, -0.15) is 0 Å². The molecule has 0 amide bonds. The SMILES string of the molecule is CC1(Br)C=CC=C(NN)C1. The van der Waals surface area contributed by atoms with Gasteiger partial charge < -0.3 is 5.43 Å². The number of allylic oxidation sites excluding steroid dienone is 4. The fourth-order valence-corrected chi connectivity index (χ4v) is 1.41. The number of hydrogen-bond donors (Lipinski definition) is 2. The third kappa shape index (κ3) is 1.85. The predicted molar refractivity (Wildman–Crippen MR) is 46.5 cm³/mol.